The molecule has 3 aliphatic rings. The molecule has 2 N–H and O–H groups in total. The number of nitrogens with one attached hydrogen (secondary N) is 1. The Balaban J connectivity index is 1.39. The van der Waals surface area contributed by atoms with Gasteiger partial charge in [-0.2, -0.15) is 0 Å². The number of carbonyl (C=O) groups is 4. The molecule has 10 nitrogen and oxygen atoms in total. The molecule has 3 fully saturated rings. The molecule has 1 unspecified atom stereocenters. The number of amides is 3. The fraction of sp³-hybridized carbons (Fsp3) is 0.429. The van der Waals surface area contributed by atoms with E-state index in [0.29, 0.717) is 24.1 Å². The molecule has 11 heteroatoms. The van der Waals surface area contributed by atoms with Crippen LogP contribution in [0.25, 0.3) is 10.8 Å². The Bertz CT molecular complexity index is 1870. The molecule has 3 aliphatic heterocycles. The number of allylic oxidation sites excluding steroid dienone is 1. The Kier molecular flexibility index (Phi) is 11.6. The van der Waals surface area contributed by atoms with Gasteiger partial charge in [-0.3, -0.25) is 19.2 Å². The molecule has 3 saturated heterocycles. The Hall–Kier alpha value is -4.32. The zero-order valence-electron chi connectivity index (χ0n) is 30.4. The number of likely N-dealkylation sites (tertiary alicyclic amines) is 1. The van der Waals surface area contributed by atoms with Gasteiger partial charge in [-0.15, -0.1) is 13.2 Å². The van der Waals surface area contributed by atoms with Crippen LogP contribution in [0.5, 0.6) is 0 Å². The molecular weight excluding hydrogens is 738 g/mol. The average molecular weight is 787 g/mol. The zero-order chi connectivity index (χ0) is 38.0. The number of esters is 1. The molecule has 3 aromatic rings. The summed E-state index contributed by atoms with van der Waals surface area (Å²) in [5.74, 6) is -4.02. The van der Waals surface area contributed by atoms with Gasteiger partial charge >= 0.3 is 5.97 Å². The fourth-order valence-electron chi connectivity index (χ4n) is 8.48. The molecule has 0 aromatic heterocycles. The molecule has 1 spiro atoms. The van der Waals surface area contributed by atoms with Gasteiger partial charge in [0.2, 0.25) is 11.8 Å². The summed E-state index contributed by atoms with van der Waals surface area (Å²) in [6, 6.07) is 20.3. The van der Waals surface area contributed by atoms with Crippen LogP contribution in [0.4, 0.5) is 5.69 Å². The quantitative estimate of drug-likeness (QED) is 0.112. The first-order valence-electron chi connectivity index (χ1n) is 18.3. The zero-order valence-corrected chi connectivity index (χ0v) is 32.0. The molecule has 2 bridgehead atoms. The number of nitrogens with zero attached hydrogens (tertiary/aromatic N) is 2. The van der Waals surface area contributed by atoms with Crippen molar-refractivity contribution in [1.82, 2.24) is 10.2 Å². The van der Waals surface area contributed by atoms with E-state index in [-0.39, 0.29) is 42.1 Å². The largest absolute Gasteiger partial charge is 0.455 e. The molecule has 53 heavy (non-hydrogen) atoms. The maximum absolute atomic E-state index is 15.2. The Morgan fingerprint density at radius 3 is 2.42 bits per heavy atom. The van der Waals surface area contributed by atoms with Crippen LogP contribution >= 0.6 is 15.9 Å². The second-order valence-electron chi connectivity index (χ2n) is 14.6. The maximum atomic E-state index is 15.2. The number of aliphatic hydroxyl groups excluding tert-OH is 1. The molecular formula is C42H48BrN3O7. The number of benzene rings is 3. The van der Waals surface area contributed by atoms with E-state index < -0.39 is 59.6 Å². The van der Waals surface area contributed by atoms with Crippen molar-refractivity contribution >= 4 is 56.1 Å². The average Bonchev–Trinajstić information content (AvgIpc) is 3.75. The van der Waals surface area contributed by atoms with E-state index in [9.17, 15) is 19.5 Å². The number of halogens is 1. The van der Waals surface area contributed by atoms with Gasteiger partial charge in [0.15, 0.2) is 0 Å². The van der Waals surface area contributed by atoms with Crippen molar-refractivity contribution in [3.63, 3.8) is 0 Å². The lowest BCUT2D eigenvalue weighted by molar-refractivity contribution is -0.162. The van der Waals surface area contributed by atoms with Crippen LogP contribution in [0.2, 0.25) is 0 Å². The summed E-state index contributed by atoms with van der Waals surface area (Å²) in [4.78, 5) is 60.1. The number of hydrogen-bond donors (Lipinski definition) is 2. The molecule has 6 rings (SSSR count). The van der Waals surface area contributed by atoms with Crippen molar-refractivity contribution in [2.24, 2.45) is 17.8 Å². The second kappa shape index (κ2) is 16.0. The van der Waals surface area contributed by atoms with Gasteiger partial charge in [0, 0.05) is 23.5 Å². The number of ether oxygens (including phenoxy) is 2. The number of anilines is 1. The Labute approximate surface area is 319 Å². The minimum Gasteiger partial charge on any atom is -0.455 e. The van der Waals surface area contributed by atoms with Gasteiger partial charge in [-0.1, -0.05) is 103 Å². The second-order valence-corrected chi connectivity index (χ2v) is 15.8. The van der Waals surface area contributed by atoms with E-state index in [0.717, 1.165) is 10.8 Å². The van der Waals surface area contributed by atoms with Crippen LogP contribution in [0.3, 0.4) is 0 Å². The molecule has 0 aliphatic carbocycles. The van der Waals surface area contributed by atoms with E-state index in [1.165, 1.54) is 4.90 Å². The third-order valence-corrected chi connectivity index (χ3v) is 11.8. The summed E-state index contributed by atoms with van der Waals surface area (Å²) in [5, 5.41) is 15.6. The molecule has 3 heterocycles. The summed E-state index contributed by atoms with van der Waals surface area (Å²) in [5.41, 5.74) is -0.0866. The number of hydrogen-bond acceptors (Lipinski definition) is 7. The van der Waals surface area contributed by atoms with Crippen LogP contribution in [0.1, 0.15) is 51.7 Å². The topological polar surface area (TPSA) is 125 Å². The van der Waals surface area contributed by atoms with Gasteiger partial charge in [-0.25, -0.2) is 0 Å². The predicted molar refractivity (Wildman–Crippen MR) is 207 cm³/mol. The first-order chi connectivity index (χ1) is 25.5. The highest BCUT2D eigenvalue weighted by atomic mass is 79.9. The van der Waals surface area contributed by atoms with Crippen LogP contribution in [-0.4, -0.2) is 81.5 Å². The van der Waals surface area contributed by atoms with Crippen LogP contribution < -0.4 is 10.2 Å². The van der Waals surface area contributed by atoms with Gasteiger partial charge in [-0.05, 0) is 54.2 Å². The van der Waals surface area contributed by atoms with Crippen LogP contribution in [0, 0.1) is 17.8 Å². The highest BCUT2D eigenvalue weighted by Crippen LogP contribution is 2.61. The van der Waals surface area contributed by atoms with Gasteiger partial charge in [0.05, 0.1) is 36.6 Å². The van der Waals surface area contributed by atoms with Crippen molar-refractivity contribution in [3.8, 4) is 0 Å². The lowest BCUT2D eigenvalue weighted by atomic mass is 9.70. The molecule has 3 aromatic carbocycles. The predicted octanol–water partition coefficient (Wildman–Crippen LogP) is 5.88. The van der Waals surface area contributed by atoms with Crippen molar-refractivity contribution in [3.05, 3.63) is 104 Å². The highest BCUT2D eigenvalue weighted by molar-refractivity contribution is 9.09. The minimum atomic E-state index is -1.39. The van der Waals surface area contributed by atoms with Gasteiger partial charge < -0.3 is 29.7 Å². The Morgan fingerprint density at radius 1 is 1.06 bits per heavy atom. The SMILES string of the molecule is C=CCCC(=O)N[C@@H](C)[C@H](OC(=O)[C@@H]1[C@H]2O[C@@]3(CC2Br)[C@H](C(=O)N(CC=C)c2ccc4ccccc4c2)N([C@@H](CO)C(C)C)C(=O)[C@@H]13)c1ccccc1. The van der Waals surface area contributed by atoms with Crippen molar-refractivity contribution in [2.75, 3.05) is 18.1 Å². The number of alkyl halides is 1. The van der Waals surface area contributed by atoms with Crippen LogP contribution in [-0.2, 0) is 28.7 Å². The lowest BCUT2D eigenvalue weighted by Crippen LogP contribution is -2.60. The van der Waals surface area contributed by atoms with E-state index in [2.05, 4.69) is 34.4 Å². The van der Waals surface area contributed by atoms with E-state index >= 15 is 4.79 Å². The highest BCUT2D eigenvalue weighted by Gasteiger charge is 2.77. The minimum absolute atomic E-state index is 0.156. The monoisotopic (exact) mass is 785 g/mol. The van der Waals surface area contributed by atoms with Gasteiger partial charge in [0.1, 0.15) is 17.7 Å². The lowest BCUT2D eigenvalue weighted by Gasteiger charge is -2.40. The standard InChI is InChI=1S/C42H48BrN3O7/c1-6-8-18-33(48)44-26(5)36(28-15-10-9-11-16-28)52-41(51)34-35-39(49)46(32(24-47)25(3)4)38(42(35)23-31(43)37(34)53-42)40(50)45(21-7-2)30-20-19-27-14-12-13-17-29(27)22-30/h6-7,9-17,19-20,22,25-26,31-32,34-38,47H,1-2,8,18,21,23-24H2,3-5H3,(H,44,48)/t26-,31?,32-,34-,35+,36-,37-,38-,42+/m0/s1. The third kappa shape index (κ3) is 7.06. The van der Waals surface area contributed by atoms with Crippen molar-refractivity contribution in [2.45, 2.75) is 80.8 Å². The summed E-state index contributed by atoms with van der Waals surface area (Å²) in [6.45, 7) is 12.9. The Morgan fingerprint density at radius 2 is 1.75 bits per heavy atom. The summed E-state index contributed by atoms with van der Waals surface area (Å²) in [7, 11) is 0. The number of aliphatic hydroxyl groups is 1. The van der Waals surface area contributed by atoms with Crippen molar-refractivity contribution < 1.29 is 33.8 Å². The molecule has 0 saturated carbocycles. The molecule has 3 amide bonds. The maximum Gasteiger partial charge on any atom is 0.313 e. The third-order valence-electron chi connectivity index (χ3n) is 11.0. The first-order valence-corrected chi connectivity index (χ1v) is 19.2. The van der Waals surface area contributed by atoms with E-state index in [1.54, 1.807) is 24.0 Å². The summed E-state index contributed by atoms with van der Waals surface area (Å²) < 4.78 is 13.1. The molecule has 280 valence electrons. The number of fused-ring (bicyclic) bond motifs is 2. The van der Waals surface area contributed by atoms with Crippen LogP contribution in [0.15, 0.2) is 98.1 Å². The normalized spacial score (nSPS) is 26.2. The first kappa shape index (κ1) is 38.4. The molecule has 0 radical (unpaired) electrons. The van der Waals surface area contributed by atoms with Crippen molar-refractivity contribution in [1.29, 1.82) is 0 Å². The summed E-state index contributed by atoms with van der Waals surface area (Å²) >= 11 is 3.75. The number of carbonyl (C=O) groups excluding carboxylic acids is 4. The smallest absolute Gasteiger partial charge is 0.313 e. The fourth-order valence-corrected chi connectivity index (χ4v) is 9.42. The molecule has 9 atom stereocenters. The summed E-state index contributed by atoms with van der Waals surface area (Å²) in [6.07, 6.45) is 2.70. The number of rotatable bonds is 15. The van der Waals surface area contributed by atoms with E-state index in [1.807, 2.05) is 86.6 Å². The van der Waals surface area contributed by atoms with E-state index in [4.69, 9.17) is 9.47 Å². The van der Waals surface area contributed by atoms with Gasteiger partial charge in [0.25, 0.3) is 5.91 Å².